The highest BCUT2D eigenvalue weighted by Crippen LogP contribution is 1.96. The van der Waals surface area contributed by atoms with E-state index in [4.69, 9.17) is 0 Å². The van der Waals surface area contributed by atoms with Crippen LogP contribution in [-0.2, 0) is 7.05 Å². The van der Waals surface area contributed by atoms with Gasteiger partial charge in [-0.1, -0.05) is 0 Å². The molecule has 100 valence electrons. The van der Waals surface area contributed by atoms with Crippen LogP contribution in [0, 0.1) is 0 Å². The number of nitrogens with one attached hydrogen (secondary N) is 2. The number of nitrogens with zero attached hydrogens (tertiary/aromatic N) is 3. The van der Waals surface area contributed by atoms with Crippen molar-refractivity contribution in [1.29, 1.82) is 0 Å². The van der Waals surface area contributed by atoms with Gasteiger partial charge in [-0.15, -0.1) is 0 Å². The van der Waals surface area contributed by atoms with Crippen molar-refractivity contribution in [2.45, 2.75) is 6.42 Å². The van der Waals surface area contributed by atoms with E-state index >= 15 is 0 Å². The Bertz CT molecular complexity index is 384. The van der Waals surface area contributed by atoms with Crippen molar-refractivity contribution in [2.24, 2.45) is 7.05 Å². The molecule has 0 aromatic carbocycles. The number of amides is 1. The molecule has 6 nitrogen and oxygen atoms in total. The summed E-state index contributed by atoms with van der Waals surface area (Å²) in [5.41, 5.74) is 0.486. The van der Waals surface area contributed by atoms with Crippen molar-refractivity contribution in [1.82, 2.24) is 25.1 Å². The summed E-state index contributed by atoms with van der Waals surface area (Å²) in [4.78, 5) is 18.1. The summed E-state index contributed by atoms with van der Waals surface area (Å²) < 4.78 is 1.77. The monoisotopic (exact) mass is 251 g/mol. The van der Waals surface area contributed by atoms with Gasteiger partial charge in [-0.25, -0.2) is 4.98 Å². The molecule has 1 aromatic heterocycles. The standard InChI is InChI=1S/C12H21N5O/c1-16-9-11(15-10-16)12(18)14-3-2-6-17-7-4-13-5-8-17/h9-10,13H,2-8H2,1H3,(H,14,18). The van der Waals surface area contributed by atoms with Crippen LogP contribution in [0.5, 0.6) is 0 Å². The molecular formula is C12H21N5O. The zero-order chi connectivity index (χ0) is 12.8. The summed E-state index contributed by atoms with van der Waals surface area (Å²) >= 11 is 0. The third-order valence-corrected chi connectivity index (χ3v) is 3.08. The van der Waals surface area contributed by atoms with Gasteiger partial charge in [0.2, 0.25) is 0 Å². The van der Waals surface area contributed by atoms with Crippen LogP contribution < -0.4 is 10.6 Å². The molecule has 0 bridgehead atoms. The molecule has 1 saturated heterocycles. The van der Waals surface area contributed by atoms with Crippen molar-refractivity contribution < 1.29 is 4.79 Å². The summed E-state index contributed by atoms with van der Waals surface area (Å²) in [7, 11) is 1.86. The Labute approximate surface area is 107 Å². The highest BCUT2D eigenvalue weighted by atomic mass is 16.1. The maximum absolute atomic E-state index is 11.7. The average Bonchev–Trinajstić information content (AvgIpc) is 2.82. The van der Waals surface area contributed by atoms with Gasteiger partial charge in [0.1, 0.15) is 5.69 Å². The van der Waals surface area contributed by atoms with Crippen LogP contribution in [0.3, 0.4) is 0 Å². The van der Waals surface area contributed by atoms with Gasteiger partial charge in [-0.05, 0) is 13.0 Å². The molecule has 1 aliphatic rings. The van der Waals surface area contributed by atoms with Gasteiger partial charge in [-0.2, -0.15) is 0 Å². The number of imidazole rings is 1. The second-order valence-corrected chi connectivity index (χ2v) is 4.63. The van der Waals surface area contributed by atoms with E-state index < -0.39 is 0 Å². The third kappa shape index (κ3) is 3.82. The van der Waals surface area contributed by atoms with E-state index in [2.05, 4.69) is 20.5 Å². The second kappa shape index (κ2) is 6.51. The summed E-state index contributed by atoms with van der Waals surface area (Å²) in [6, 6.07) is 0. The molecule has 0 unspecified atom stereocenters. The minimum atomic E-state index is -0.0871. The van der Waals surface area contributed by atoms with Gasteiger partial charge < -0.3 is 20.1 Å². The van der Waals surface area contributed by atoms with Gasteiger partial charge in [0, 0.05) is 46.0 Å². The number of hydrogen-bond donors (Lipinski definition) is 2. The smallest absolute Gasteiger partial charge is 0.271 e. The minimum absolute atomic E-state index is 0.0871. The predicted molar refractivity (Wildman–Crippen MR) is 69.5 cm³/mol. The SMILES string of the molecule is Cn1cnc(C(=O)NCCCN2CCNCC2)c1. The van der Waals surface area contributed by atoms with Crippen LogP contribution in [0.15, 0.2) is 12.5 Å². The maximum Gasteiger partial charge on any atom is 0.271 e. The summed E-state index contributed by atoms with van der Waals surface area (Å²) in [6.07, 6.45) is 4.35. The number of aromatic nitrogens is 2. The number of piperazine rings is 1. The van der Waals surface area contributed by atoms with Gasteiger partial charge in [-0.3, -0.25) is 4.79 Å². The lowest BCUT2D eigenvalue weighted by atomic mass is 10.3. The van der Waals surface area contributed by atoms with E-state index in [1.807, 2.05) is 7.05 Å². The van der Waals surface area contributed by atoms with Crippen molar-refractivity contribution in [3.63, 3.8) is 0 Å². The molecule has 0 aliphatic carbocycles. The summed E-state index contributed by atoms with van der Waals surface area (Å²) in [5.74, 6) is -0.0871. The Kier molecular flexibility index (Phi) is 4.72. The molecule has 0 radical (unpaired) electrons. The Hall–Kier alpha value is -1.40. The highest BCUT2D eigenvalue weighted by molar-refractivity contribution is 5.91. The number of carbonyl (C=O) groups is 1. The fourth-order valence-electron chi connectivity index (χ4n) is 2.06. The first-order valence-electron chi connectivity index (χ1n) is 6.45. The van der Waals surface area contributed by atoms with Crippen molar-refractivity contribution in [2.75, 3.05) is 39.3 Å². The van der Waals surface area contributed by atoms with Gasteiger partial charge in [0.15, 0.2) is 0 Å². The normalized spacial score (nSPS) is 16.7. The number of aryl methyl sites for hydroxylation is 1. The molecule has 2 N–H and O–H groups in total. The lowest BCUT2D eigenvalue weighted by molar-refractivity contribution is 0.0946. The zero-order valence-corrected chi connectivity index (χ0v) is 10.9. The first-order chi connectivity index (χ1) is 8.75. The van der Waals surface area contributed by atoms with Crippen molar-refractivity contribution >= 4 is 5.91 Å². The quantitative estimate of drug-likeness (QED) is 0.689. The molecule has 1 aromatic rings. The minimum Gasteiger partial charge on any atom is -0.351 e. The van der Waals surface area contributed by atoms with Crippen molar-refractivity contribution in [3.8, 4) is 0 Å². The third-order valence-electron chi connectivity index (χ3n) is 3.08. The van der Waals surface area contributed by atoms with E-state index in [9.17, 15) is 4.79 Å². The Balaban J connectivity index is 1.61. The van der Waals surface area contributed by atoms with Gasteiger partial charge in [0.25, 0.3) is 5.91 Å². The molecular weight excluding hydrogens is 230 g/mol. The Morgan fingerprint density at radius 2 is 2.28 bits per heavy atom. The summed E-state index contributed by atoms with van der Waals surface area (Å²) in [5, 5.41) is 6.22. The molecule has 0 spiro atoms. The van der Waals surface area contributed by atoms with Gasteiger partial charge in [0.05, 0.1) is 6.33 Å². The maximum atomic E-state index is 11.7. The topological polar surface area (TPSA) is 62.2 Å². The average molecular weight is 251 g/mol. The number of hydrogen-bond acceptors (Lipinski definition) is 4. The van der Waals surface area contributed by atoms with E-state index in [0.29, 0.717) is 12.2 Å². The largest absolute Gasteiger partial charge is 0.351 e. The highest BCUT2D eigenvalue weighted by Gasteiger charge is 2.10. The zero-order valence-electron chi connectivity index (χ0n) is 10.9. The van der Waals surface area contributed by atoms with Crippen LogP contribution in [-0.4, -0.2) is 59.6 Å². The molecule has 2 rings (SSSR count). The molecule has 2 heterocycles. The van der Waals surface area contributed by atoms with Gasteiger partial charge >= 0.3 is 0 Å². The molecule has 1 fully saturated rings. The van der Waals surface area contributed by atoms with Crippen molar-refractivity contribution in [3.05, 3.63) is 18.2 Å². The lowest BCUT2D eigenvalue weighted by Gasteiger charge is -2.26. The molecule has 18 heavy (non-hydrogen) atoms. The Morgan fingerprint density at radius 1 is 1.50 bits per heavy atom. The lowest BCUT2D eigenvalue weighted by Crippen LogP contribution is -2.44. The van der Waals surface area contributed by atoms with Crippen LogP contribution in [0.25, 0.3) is 0 Å². The van der Waals surface area contributed by atoms with E-state index in [-0.39, 0.29) is 5.91 Å². The predicted octanol–water partition coefficient (Wildman–Crippen LogP) is -0.555. The first kappa shape index (κ1) is 13.0. The first-order valence-corrected chi connectivity index (χ1v) is 6.45. The van der Waals surface area contributed by atoms with E-state index in [1.54, 1.807) is 17.1 Å². The summed E-state index contributed by atoms with van der Waals surface area (Å²) in [6.45, 7) is 6.10. The molecule has 6 heteroatoms. The molecule has 0 saturated carbocycles. The Morgan fingerprint density at radius 3 is 2.94 bits per heavy atom. The molecule has 1 amide bonds. The van der Waals surface area contributed by atoms with E-state index in [0.717, 1.165) is 39.1 Å². The fourth-order valence-corrected chi connectivity index (χ4v) is 2.06. The second-order valence-electron chi connectivity index (χ2n) is 4.63. The number of rotatable bonds is 5. The van der Waals surface area contributed by atoms with Crippen LogP contribution in [0.4, 0.5) is 0 Å². The molecule has 0 atom stereocenters. The van der Waals surface area contributed by atoms with Crippen LogP contribution in [0.2, 0.25) is 0 Å². The van der Waals surface area contributed by atoms with Crippen LogP contribution >= 0.6 is 0 Å². The number of carbonyl (C=O) groups excluding carboxylic acids is 1. The van der Waals surface area contributed by atoms with Crippen LogP contribution in [0.1, 0.15) is 16.9 Å². The van der Waals surface area contributed by atoms with E-state index in [1.165, 1.54) is 0 Å². The molecule has 1 aliphatic heterocycles. The fraction of sp³-hybridized carbons (Fsp3) is 0.667.